The zero-order chi connectivity index (χ0) is 17.8. The number of carbonyl (C=O) groups excluding carboxylic acids is 1. The molecule has 1 heterocycles. The van der Waals surface area contributed by atoms with Crippen molar-refractivity contribution in [3.8, 4) is 11.3 Å². The smallest absolute Gasteiger partial charge is 0.258 e. The number of carbonyl (C=O) groups is 1. The summed E-state index contributed by atoms with van der Waals surface area (Å²) in [5.41, 5.74) is 2.14. The second kappa shape index (κ2) is 7.93. The molecule has 25 heavy (non-hydrogen) atoms. The number of amides is 1. The molecule has 0 radical (unpaired) electrons. The maximum Gasteiger partial charge on any atom is 0.258 e. The molecule has 0 aliphatic carbocycles. The normalized spacial score (nSPS) is 10.3. The third-order valence-electron chi connectivity index (χ3n) is 3.20. The number of hydrogen-bond acceptors (Lipinski definition) is 4. The third-order valence-corrected chi connectivity index (χ3v) is 4.71. The zero-order valence-electron chi connectivity index (χ0n) is 12.6. The number of nitrogens with one attached hydrogen (secondary N) is 2. The van der Waals surface area contributed by atoms with Crippen molar-refractivity contribution in [2.24, 2.45) is 0 Å². The molecular weight excluding hydrogens is 397 g/mol. The van der Waals surface area contributed by atoms with Crippen molar-refractivity contribution in [2.75, 3.05) is 5.32 Å². The van der Waals surface area contributed by atoms with E-state index in [0.717, 1.165) is 11.3 Å². The molecule has 0 saturated heterocycles. The van der Waals surface area contributed by atoms with Gasteiger partial charge in [-0.1, -0.05) is 53.5 Å². The van der Waals surface area contributed by atoms with Crippen molar-refractivity contribution in [1.82, 2.24) is 10.3 Å². The van der Waals surface area contributed by atoms with E-state index >= 15 is 0 Å². The first-order valence-electron chi connectivity index (χ1n) is 7.11. The van der Waals surface area contributed by atoms with Crippen LogP contribution in [0.1, 0.15) is 10.4 Å². The summed E-state index contributed by atoms with van der Waals surface area (Å²) in [6.45, 7) is 0. The minimum atomic E-state index is -0.418. The summed E-state index contributed by atoms with van der Waals surface area (Å²) in [5.74, 6) is -0.418. The van der Waals surface area contributed by atoms with Gasteiger partial charge in [-0.15, -0.1) is 11.3 Å². The first kappa shape index (κ1) is 17.8. The van der Waals surface area contributed by atoms with E-state index in [1.54, 1.807) is 12.1 Å². The SMILES string of the molecule is O=C(NC(=S)Nc1nc(-c2ccccc2)cs1)c1ccc(Cl)cc1Cl. The summed E-state index contributed by atoms with van der Waals surface area (Å²) in [6, 6.07) is 14.4. The van der Waals surface area contributed by atoms with Gasteiger partial charge in [0.1, 0.15) is 0 Å². The lowest BCUT2D eigenvalue weighted by Gasteiger charge is -2.08. The largest absolute Gasteiger partial charge is 0.308 e. The minimum Gasteiger partial charge on any atom is -0.308 e. The molecule has 0 fully saturated rings. The van der Waals surface area contributed by atoms with Crippen LogP contribution in [0.5, 0.6) is 0 Å². The summed E-state index contributed by atoms with van der Waals surface area (Å²) < 4.78 is 0. The highest BCUT2D eigenvalue weighted by Crippen LogP contribution is 2.24. The molecule has 2 N–H and O–H groups in total. The van der Waals surface area contributed by atoms with Crippen molar-refractivity contribution < 1.29 is 4.79 Å². The molecule has 3 rings (SSSR count). The van der Waals surface area contributed by atoms with Gasteiger partial charge in [-0.25, -0.2) is 4.98 Å². The van der Waals surface area contributed by atoms with Gasteiger partial charge in [0.15, 0.2) is 10.2 Å². The molecule has 126 valence electrons. The number of benzene rings is 2. The van der Waals surface area contributed by atoms with Gasteiger partial charge in [0.25, 0.3) is 5.91 Å². The van der Waals surface area contributed by atoms with E-state index in [1.807, 2.05) is 35.7 Å². The summed E-state index contributed by atoms with van der Waals surface area (Å²) in [4.78, 5) is 16.7. The van der Waals surface area contributed by atoms with Gasteiger partial charge in [-0.2, -0.15) is 0 Å². The van der Waals surface area contributed by atoms with Crippen molar-refractivity contribution in [1.29, 1.82) is 0 Å². The lowest BCUT2D eigenvalue weighted by Crippen LogP contribution is -2.34. The lowest BCUT2D eigenvalue weighted by atomic mass is 10.2. The molecule has 3 aromatic rings. The van der Waals surface area contributed by atoms with Crippen LogP contribution in [-0.4, -0.2) is 16.0 Å². The number of hydrogen-bond donors (Lipinski definition) is 2. The van der Waals surface area contributed by atoms with Gasteiger partial charge >= 0.3 is 0 Å². The van der Waals surface area contributed by atoms with Gasteiger partial charge in [0, 0.05) is 16.0 Å². The van der Waals surface area contributed by atoms with Crippen LogP contribution in [0.2, 0.25) is 10.0 Å². The molecule has 0 atom stereocenters. The van der Waals surface area contributed by atoms with E-state index in [-0.39, 0.29) is 10.1 Å². The van der Waals surface area contributed by atoms with Crippen LogP contribution in [0.3, 0.4) is 0 Å². The maximum atomic E-state index is 12.2. The zero-order valence-corrected chi connectivity index (χ0v) is 15.8. The minimum absolute atomic E-state index is 0.143. The Balaban J connectivity index is 1.65. The molecule has 8 heteroatoms. The van der Waals surface area contributed by atoms with E-state index in [9.17, 15) is 4.79 Å². The molecule has 0 aliphatic heterocycles. The molecule has 0 bridgehead atoms. The highest BCUT2D eigenvalue weighted by Gasteiger charge is 2.13. The molecule has 1 aromatic heterocycles. The number of anilines is 1. The van der Waals surface area contributed by atoms with E-state index in [4.69, 9.17) is 35.4 Å². The topological polar surface area (TPSA) is 54.0 Å². The average Bonchev–Trinajstić information content (AvgIpc) is 3.03. The van der Waals surface area contributed by atoms with E-state index < -0.39 is 5.91 Å². The Morgan fingerprint density at radius 3 is 2.60 bits per heavy atom. The van der Waals surface area contributed by atoms with Crippen LogP contribution in [-0.2, 0) is 0 Å². The van der Waals surface area contributed by atoms with Crippen LogP contribution in [0.25, 0.3) is 11.3 Å². The number of thiocarbonyl (C=S) groups is 1. The van der Waals surface area contributed by atoms with Gasteiger partial charge < -0.3 is 5.32 Å². The van der Waals surface area contributed by atoms with Crippen LogP contribution >= 0.6 is 46.8 Å². The van der Waals surface area contributed by atoms with Crippen LogP contribution in [0.15, 0.2) is 53.9 Å². The van der Waals surface area contributed by atoms with Crippen molar-refractivity contribution in [2.45, 2.75) is 0 Å². The molecule has 0 unspecified atom stereocenters. The van der Waals surface area contributed by atoms with Crippen LogP contribution < -0.4 is 10.6 Å². The van der Waals surface area contributed by atoms with Crippen LogP contribution in [0.4, 0.5) is 5.13 Å². The first-order chi connectivity index (χ1) is 12.0. The molecule has 2 aromatic carbocycles. The Hall–Kier alpha value is -1.99. The number of aromatic nitrogens is 1. The Morgan fingerprint density at radius 1 is 1.12 bits per heavy atom. The fraction of sp³-hybridized carbons (Fsp3) is 0. The number of nitrogens with zero attached hydrogens (tertiary/aromatic N) is 1. The quantitative estimate of drug-likeness (QED) is 0.582. The molecule has 0 spiro atoms. The van der Waals surface area contributed by atoms with Gasteiger partial charge in [-0.3, -0.25) is 10.1 Å². The van der Waals surface area contributed by atoms with E-state index in [2.05, 4.69) is 15.6 Å². The van der Waals surface area contributed by atoms with Crippen molar-refractivity contribution in [3.05, 3.63) is 69.5 Å². The Morgan fingerprint density at radius 2 is 1.88 bits per heavy atom. The predicted octanol–water partition coefficient (Wildman–Crippen LogP) is 5.24. The van der Waals surface area contributed by atoms with Gasteiger partial charge in [-0.05, 0) is 30.4 Å². The molecule has 0 aliphatic rings. The Labute approximate surface area is 163 Å². The average molecular weight is 408 g/mol. The number of halogens is 2. The third kappa shape index (κ3) is 4.55. The number of thiazole rings is 1. The summed E-state index contributed by atoms with van der Waals surface area (Å²) >= 11 is 18.4. The molecule has 1 amide bonds. The van der Waals surface area contributed by atoms with Crippen molar-refractivity contribution in [3.63, 3.8) is 0 Å². The fourth-order valence-corrected chi connectivity index (χ4v) is 3.52. The molecule has 0 saturated carbocycles. The van der Waals surface area contributed by atoms with Crippen molar-refractivity contribution >= 4 is 62.9 Å². The molecular formula is C17H11Cl2N3OS2. The Kier molecular flexibility index (Phi) is 5.65. The lowest BCUT2D eigenvalue weighted by molar-refractivity contribution is 0.0978. The van der Waals surface area contributed by atoms with Gasteiger partial charge in [0.2, 0.25) is 0 Å². The second-order valence-corrected chi connectivity index (χ2v) is 7.05. The molecule has 4 nitrogen and oxygen atoms in total. The number of rotatable bonds is 3. The predicted molar refractivity (Wildman–Crippen MR) is 108 cm³/mol. The highest BCUT2D eigenvalue weighted by molar-refractivity contribution is 7.80. The second-order valence-electron chi connectivity index (χ2n) is 4.94. The highest BCUT2D eigenvalue weighted by atomic mass is 35.5. The summed E-state index contributed by atoms with van der Waals surface area (Å²) in [5, 5.41) is 8.84. The Bertz CT molecular complexity index is 929. The fourth-order valence-electron chi connectivity index (χ4n) is 2.05. The summed E-state index contributed by atoms with van der Waals surface area (Å²) in [7, 11) is 0. The van der Waals surface area contributed by atoms with Crippen LogP contribution in [0, 0.1) is 0 Å². The summed E-state index contributed by atoms with van der Waals surface area (Å²) in [6.07, 6.45) is 0. The maximum absolute atomic E-state index is 12.2. The van der Waals surface area contributed by atoms with E-state index in [1.165, 1.54) is 17.4 Å². The monoisotopic (exact) mass is 407 g/mol. The van der Waals surface area contributed by atoms with Gasteiger partial charge in [0.05, 0.1) is 16.3 Å². The first-order valence-corrected chi connectivity index (χ1v) is 9.15. The van der Waals surface area contributed by atoms with E-state index in [0.29, 0.717) is 15.7 Å². The standard InChI is InChI=1S/C17H11Cl2N3OS2/c18-11-6-7-12(13(19)8-11)15(23)21-16(24)22-17-20-14(9-25-17)10-4-2-1-3-5-10/h1-9H,(H2,20,21,22,23,24).